The molecule has 0 aliphatic heterocycles. The molecule has 4 rings (SSSR count). The quantitative estimate of drug-likeness (QED) is 0.384. The lowest BCUT2D eigenvalue weighted by Gasteiger charge is -2.34. The van der Waals surface area contributed by atoms with Gasteiger partial charge in [0.05, 0.1) is 19.8 Å². The third-order valence-corrected chi connectivity index (χ3v) is 7.40. The second-order valence-electron chi connectivity index (χ2n) is 8.57. The Balaban J connectivity index is 1.44. The number of anilines is 1. The summed E-state index contributed by atoms with van der Waals surface area (Å²) in [6.45, 7) is 0.299. The summed E-state index contributed by atoms with van der Waals surface area (Å²) in [5, 5.41) is 12.8. The zero-order valence-electron chi connectivity index (χ0n) is 20.3. The molecule has 8 nitrogen and oxygen atoms in total. The molecule has 2 aromatic carbocycles. The summed E-state index contributed by atoms with van der Waals surface area (Å²) in [6.07, 6.45) is 5.30. The predicted molar refractivity (Wildman–Crippen MR) is 141 cm³/mol. The van der Waals surface area contributed by atoms with Gasteiger partial charge in [0.15, 0.2) is 0 Å². The first-order chi connectivity index (χ1) is 17.5. The lowest BCUT2D eigenvalue weighted by molar-refractivity contribution is -0.116. The largest absolute Gasteiger partial charge is 0.497 e. The van der Waals surface area contributed by atoms with E-state index < -0.39 is 0 Å². The van der Waals surface area contributed by atoms with E-state index in [1.54, 1.807) is 37.4 Å². The van der Waals surface area contributed by atoms with Crippen LogP contribution in [0.3, 0.4) is 0 Å². The molecule has 0 bridgehead atoms. The number of rotatable bonds is 9. The highest BCUT2D eigenvalue weighted by Gasteiger charge is 2.28. The lowest BCUT2D eigenvalue weighted by Crippen LogP contribution is -2.43. The fraction of sp³-hybridized carbons (Fsp3) is 0.385. The van der Waals surface area contributed by atoms with Crippen LogP contribution in [0.5, 0.6) is 11.5 Å². The van der Waals surface area contributed by atoms with E-state index in [0.717, 1.165) is 37.7 Å². The Kier molecular flexibility index (Phi) is 8.77. The molecule has 0 saturated heterocycles. The predicted octanol–water partition coefficient (Wildman–Crippen LogP) is 5.68. The number of hydrogen-bond donors (Lipinski definition) is 1. The number of ether oxygens (including phenoxy) is 2. The van der Waals surface area contributed by atoms with E-state index in [2.05, 4.69) is 15.5 Å². The third kappa shape index (κ3) is 6.33. The summed E-state index contributed by atoms with van der Waals surface area (Å²) in [5.41, 5.74) is 1.33. The van der Waals surface area contributed by atoms with E-state index in [1.807, 2.05) is 17.0 Å². The highest BCUT2D eigenvalue weighted by atomic mass is 35.5. The number of amides is 2. The summed E-state index contributed by atoms with van der Waals surface area (Å²) >= 11 is 7.24. The van der Waals surface area contributed by atoms with Gasteiger partial charge in [-0.3, -0.25) is 9.59 Å². The molecule has 0 spiro atoms. The number of halogens is 1. The highest BCUT2D eigenvalue weighted by molar-refractivity contribution is 7.18. The fourth-order valence-electron chi connectivity index (χ4n) is 4.36. The number of benzene rings is 2. The van der Waals surface area contributed by atoms with Gasteiger partial charge in [0, 0.05) is 35.7 Å². The molecule has 3 aromatic rings. The molecule has 1 heterocycles. The Bertz CT molecular complexity index is 1190. The van der Waals surface area contributed by atoms with Crippen LogP contribution >= 0.6 is 22.9 Å². The van der Waals surface area contributed by atoms with Crippen LogP contribution in [-0.2, 0) is 4.79 Å². The average Bonchev–Trinajstić information content (AvgIpc) is 3.37. The van der Waals surface area contributed by atoms with Gasteiger partial charge in [0.2, 0.25) is 11.0 Å². The van der Waals surface area contributed by atoms with E-state index in [0.29, 0.717) is 38.8 Å². The SMILES string of the molecule is COc1ccc(C(=O)N(CCC(=O)Nc2nnc(-c3ccc(Cl)cc3)s2)C2CCCCC2)c(OC)c1. The molecule has 1 aromatic heterocycles. The number of aromatic nitrogens is 2. The molecule has 1 N–H and O–H groups in total. The van der Waals surface area contributed by atoms with E-state index >= 15 is 0 Å². The Morgan fingerprint density at radius 1 is 1.06 bits per heavy atom. The monoisotopic (exact) mass is 528 g/mol. The summed E-state index contributed by atoms with van der Waals surface area (Å²) in [6, 6.07) is 12.5. The van der Waals surface area contributed by atoms with Gasteiger partial charge < -0.3 is 19.7 Å². The zero-order chi connectivity index (χ0) is 25.5. The van der Waals surface area contributed by atoms with E-state index in [1.165, 1.54) is 18.4 Å². The average molecular weight is 529 g/mol. The van der Waals surface area contributed by atoms with Crippen molar-refractivity contribution in [1.29, 1.82) is 0 Å². The van der Waals surface area contributed by atoms with Crippen LogP contribution in [0.4, 0.5) is 5.13 Å². The maximum Gasteiger partial charge on any atom is 0.257 e. The number of carbonyl (C=O) groups excluding carboxylic acids is 2. The number of methoxy groups -OCH3 is 2. The molecule has 1 aliphatic carbocycles. The smallest absolute Gasteiger partial charge is 0.257 e. The molecule has 0 radical (unpaired) electrons. The van der Waals surface area contributed by atoms with Crippen molar-refractivity contribution in [2.75, 3.05) is 26.1 Å². The van der Waals surface area contributed by atoms with Crippen LogP contribution in [0.25, 0.3) is 10.6 Å². The maximum absolute atomic E-state index is 13.6. The van der Waals surface area contributed by atoms with Gasteiger partial charge >= 0.3 is 0 Å². The molecule has 2 amide bonds. The second-order valence-corrected chi connectivity index (χ2v) is 9.99. The molecule has 36 heavy (non-hydrogen) atoms. The molecule has 1 saturated carbocycles. The molecule has 1 fully saturated rings. The molecular formula is C26H29ClN4O4S. The highest BCUT2D eigenvalue weighted by Crippen LogP contribution is 2.30. The number of nitrogens with one attached hydrogen (secondary N) is 1. The topological polar surface area (TPSA) is 93.7 Å². The zero-order valence-corrected chi connectivity index (χ0v) is 21.9. The molecule has 0 unspecified atom stereocenters. The van der Waals surface area contributed by atoms with Gasteiger partial charge in [-0.15, -0.1) is 10.2 Å². The van der Waals surface area contributed by atoms with Gasteiger partial charge in [-0.05, 0) is 37.1 Å². The van der Waals surface area contributed by atoms with Gasteiger partial charge in [0.25, 0.3) is 5.91 Å². The Morgan fingerprint density at radius 3 is 2.50 bits per heavy atom. The van der Waals surface area contributed by atoms with Crippen LogP contribution in [-0.4, -0.2) is 53.7 Å². The Morgan fingerprint density at radius 2 is 1.81 bits per heavy atom. The van der Waals surface area contributed by atoms with E-state index in [9.17, 15) is 9.59 Å². The van der Waals surface area contributed by atoms with E-state index in [-0.39, 0.29) is 24.3 Å². The normalized spacial score (nSPS) is 13.8. The minimum absolute atomic E-state index is 0.0869. The number of carbonyl (C=O) groups is 2. The number of hydrogen-bond acceptors (Lipinski definition) is 7. The summed E-state index contributed by atoms with van der Waals surface area (Å²) in [4.78, 5) is 28.2. The van der Waals surface area contributed by atoms with Gasteiger partial charge in [-0.1, -0.05) is 54.3 Å². The standard InChI is InChI=1S/C26H29ClN4O4S/c1-34-20-12-13-21(22(16-20)35-2)25(33)31(19-6-4-3-5-7-19)15-14-23(32)28-26-30-29-24(36-26)17-8-10-18(27)11-9-17/h8-13,16,19H,3-7,14-15H2,1-2H3,(H,28,30,32). The molecule has 0 atom stereocenters. The maximum atomic E-state index is 13.6. The van der Waals surface area contributed by atoms with Gasteiger partial charge in [0.1, 0.15) is 16.5 Å². The van der Waals surface area contributed by atoms with Crippen molar-refractivity contribution in [2.45, 2.75) is 44.6 Å². The molecule has 1 aliphatic rings. The Hall–Kier alpha value is -3.17. The van der Waals surface area contributed by atoms with Crippen molar-refractivity contribution in [3.05, 3.63) is 53.1 Å². The third-order valence-electron chi connectivity index (χ3n) is 6.26. The van der Waals surface area contributed by atoms with Crippen molar-refractivity contribution in [1.82, 2.24) is 15.1 Å². The van der Waals surface area contributed by atoms with Gasteiger partial charge in [-0.2, -0.15) is 0 Å². The summed E-state index contributed by atoms with van der Waals surface area (Å²) in [7, 11) is 3.10. The van der Waals surface area contributed by atoms with Crippen LogP contribution in [0.2, 0.25) is 5.02 Å². The van der Waals surface area contributed by atoms with E-state index in [4.69, 9.17) is 21.1 Å². The fourth-order valence-corrected chi connectivity index (χ4v) is 5.25. The minimum atomic E-state index is -0.218. The van der Waals surface area contributed by atoms with Gasteiger partial charge in [-0.25, -0.2) is 0 Å². The minimum Gasteiger partial charge on any atom is -0.497 e. The summed E-state index contributed by atoms with van der Waals surface area (Å²) in [5.74, 6) is 0.703. The van der Waals surface area contributed by atoms with Crippen molar-refractivity contribution in [2.24, 2.45) is 0 Å². The lowest BCUT2D eigenvalue weighted by atomic mass is 9.93. The van der Waals surface area contributed by atoms with Crippen molar-refractivity contribution >= 4 is 39.9 Å². The summed E-state index contributed by atoms with van der Waals surface area (Å²) < 4.78 is 10.7. The van der Waals surface area contributed by atoms with Crippen LogP contribution < -0.4 is 14.8 Å². The molecule has 190 valence electrons. The molecular weight excluding hydrogens is 500 g/mol. The first-order valence-electron chi connectivity index (χ1n) is 11.9. The first-order valence-corrected chi connectivity index (χ1v) is 13.1. The second kappa shape index (κ2) is 12.2. The van der Waals surface area contributed by atoms with Crippen molar-refractivity contribution in [3.63, 3.8) is 0 Å². The van der Waals surface area contributed by atoms with Crippen LogP contribution in [0, 0.1) is 0 Å². The van der Waals surface area contributed by atoms with Crippen molar-refractivity contribution < 1.29 is 19.1 Å². The molecule has 10 heteroatoms. The first kappa shape index (κ1) is 25.9. The van der Waals surface area contributed by atoms with Crippen molar-refractivity contribution in [3.8, 4) is 22.1 Å². The van der Waals surface area contributed by atoms with Crippen LogP contribution in [0.1, 0.15) is 48.9 Å². The Labute approximate surface area is 219 Å². The van der Waals surface area contributed by atoms with Crippen LogP contribution in [0.15, 0.2) is 42.5 Å². The number of nitrogens with zero attached hydrogens (tertiary/aromatic N) is 3.